The van der Waals surface area contributed by atoms with Crippen LogP contribution >= 0.6 is 0 Å². The molecular weight excluding hydrogens is 228 g/mol. The summed E-state index contributed by atoms with van der Waals surface area (Å²) in [6, 6.07) is 0.392. The van der Waals surface area contributed by atoms with Crippen LogP contribution in [0.2, 0.25) is 0 Å². The molecule has 2 atom stereocenters. The highest BCUT2D eigenvalue weighted by atomic mass is 16.5. The Labute approximate surface area is 112 Å². The average molecular weight is 258 g/mol. The van der Waals surface area contributed by atoms with Gasteiger partial charge in [0.25, 0.3) is 0 Å². The van der Waals surface area contributed by atoms with Crippen LogP contribution in [-0.2, 0) is 4.74 Å². The molecule has 0 spiro atoms. The Morgan fingerprint density at radius 3 is 2.89 bits per heavy atom. The summed E-state index contributed by atoms with van der Waals surface area (Å²) < 4.78 is 5.76. The van der Waals surface area contributed by atoms with Crippen LogP contribution in [0.1, 0.15) is 39.0 Å². The first kappa shape index (κ1) is 15.9. The highest BCUT2D eigenvalue weighted by molar-refractivity contribution is 4.73. The van der Waals surface area contributed by atoms with Gasteiger partial charge in [0.1, 0.15) is 0 Å². The van der Waals surface area contributed by atoms with Crippen molar-refractivity contribution in [1.29, 1.82) is 0 Å². The van der Waals surface area contributed by atoms with Crippen LogP contribution in [0, 0.1) is 0 Å². The standard InChI is InChI=1S/C14H30N2O2/c1-3-8-15-13(7-9-17)11-16(2)12-14-6-4-5-10-18-14/h13-15,17H,3-12H2,1-2H3. The van der Waals surface area contributed by atoms with E-state index >= 15 is 0 Å². The number of hydrogen-bond donors (Lipinski definition) is 2. The zero-order valence-corrected chi connectivity index (χ0v) is 12.0. The Morgan fingerprint density at radius 1 is 1.44 bits per heavy atom. The summed E-state index contributed by atoms with van der Waals surface area (Å²) in [7, 11) is 2.15. The summed E-state index contributed by atoms with van der Waals surface area (Å²) in [5.74, 6) is 0. The van der Waals surface area contributed by atoms with Gasteiger partial charge in [-0.3, -0.25) is 0 Å². The van der Waals surface area contributed by atoms with Crippen LogP contribution in [0.3, 0.4) is 0 Å². The van der Waals surface area contributed by atoms with Gasteiger partial charge in [0.05, 0.1) is 6.10 Å². The minimum Gasteiger partial charge on any atom is -0.396 e. The molecular formula is C14H30N2O2. The fourth-order valence-corrected chi connectivity index (χ4v) is 2.51. The number of hydrogen-bond acceptors (Lipinski definition) is 4. The maximum Gasteiger partial charge on any atom is 0.0701 e. The quantitative estimate of drug-likeness (QED) is 0.653. The number of aliphatic hydroxyl groups excluding tert-OH is 1. The molecule has 4 nitrogen and oxygen atoms in total. The van der Waals surface area contributed by atoms with Crippen molar-refractivity contribution in [2.45, 2.75) is 51.2 Å². The Morgan fingerprint density at radius 2 is 2.28 bits per heavy atom. The Bertz CT molecular complexity index is 196. The highest BCUT2D eigenvalue weighted by Crippen LogP contribution is 2.13. The third kappa shape index (κ3) is 6.69. The zero-order chi connectivity index (χ0) is 13.2. The van der Waals surface area contributed by atoms with Gasteiger partial charge in [0.15, 0.2) is 0 Å². The lowest BCUT2D eigenvalue weighted by molar-refractivity contribution is -0.00289. The second kappa shape index (κ2) is 9.73. The number of nitrogens with zero attached hydrogens (tertiary/aromatic N) is 1. The van der Waals surface area contributed by atoms with Crippen molar-refractivity contribution in [3.8, 4) is 0 Å². The van der Waals surface area contributed by atoms with Crippen molar-refractivity contribution in [2.24, 2.45) is 0 Å². The second-order valence-electron chi connectivity index (χ2n) is 5.37. The minimum absolute atomic E-state index is 0.259. The first-order valence-corrected chi connectivity index (χ1v) is 7.40. The van der Waals surface area contributed by atoms with Gasteiger partial charge in [0, 0.05) is 32.3 Å². The molecule has 4 heteroatoms. The first-order valence-electron chi connectivity index (χ1n) is 7.40. The molecule has 1 saturated heterocycles. The Balaban J connectivity index is 2.23. The van der Waals surface area contributed by atoms with Crippen molar-refractivity contribution < 1.29 is 9.84 Å². The number of aliphatic hydroxyl groups is 1. The summed E-state index contributed by atoms with van der Waals surface area (Å²) >= 11 is 0. The monoisotopic (exact) mass is 258 g/mol. The molecule has 0 aromatic carbocycles. The maximum absolute atomic E-state index is 9.09. The summed E-state index contributed by atoms with van der Waals surface area (Å²) in [5.41, 5.74) is 0. The molecule has 2 unspecified atom stereocenters. The van der Waals surface area contributed by atoms with Crippen LogP contribution < -0.4 is 5.32 Å². The average Bonchev–Trinajstić information content (AvgIpc) is 2.37. The fourth-order valence-electron chi connectivity index (χ4n) is 2.51. The molecule has 0 radical (unpaired) electrons. The number of nitrogens with one attached hydrogen (secondary N) is 1. The van der Waals surface area contributed by atoms with E-state index in [1.807, 2.05) is 0 Å². The predicted molar refractivity (Wildman–Crippen MR) is 74.9 cm³/mol. The van der Waals surface area contributed by atoms with Gasteiger partial charge in [-0.15, -0.1) is 0 Å². The Hall–Kier alpha value is -0.160. The fraction of sp³-hybridized carbons (Fsp3) is 1.00. The number of ether oxygens (including phenoxy) is 1. The summed E-state index contributed by atoms with van der Waals surface area (Å²) in [6.07, 6.45) is 6.08. The van der Waals surface area contributed by atoms with E-state index in [1.54, 1.807) is 0 Å². The number of likely N-dealkylation sites (N-methyl/N-ethyl adjacent to an activating group) is 1. The lowest BCUT2D eigenvalue weighted by Gasteiger charge is -2.30. The van der Waals surface area contributed by atoms with E-state index in [0.717, 1.165) is 39.1 Å². The molecule has 1 aliphatic rings. The van der Waals surface area contributed by atoms with Crippen molar-refractivity contribution in [1.82, 2.24) is 10.2 Å². The molecule has 0 amide bonds. The molecule has 108 valence electrons. The molecule has 0 aromatic heterocycles. The van der Waals surface area contributed by atoms with E-state index in [-0.39, 0.29) is 6.61 Å². The van der Waals surface area contributed by atoms with E-state index in [9.17, 15) is 0 Å². The molecule has 1 aliphatic heterocycles. The van der Waals surface area contributed by atoms with E-state index < -0.39 is 0 Å². The van der Waals surface area contributed by atoms with Crippen molar-refractivity contribution in [2.75, 3.05) is 39.9 Å². The molecule has 1 rings (SSSR count). The second-order valence-corrected chi connectivity index (χ2v) is 5.37. The normalized spacial score (nSPS) is 22.3. The van der Waals surface area contributed by atoms with Crippen LogP contribution in [-0.4, -0.2) is 62.0 Å². The maximum atomic E-state index is 9.09. The van der Waals surface area contributed by atoms with Crippen LogP contribution in [0.15, 0.2) is 0 Å². The molecule has 1 fully saturated rings. The summed E-state index contributed by atoms with van der Waals surface area (Å²) in [5, 5.41) is 12.6. The molecule has 1 heterocycles. The van der Waals surface area contributed by atoms with E-state index in [0.29, 0.717) is 12.1 Å². The zero-order valence-electron chi connectivity index (χ0n) is 12.0. The van der Waals surface area contributed by atoms with E-state index in [2.05, 4.69) is 24.2 Å². The summed E-state index contributed by atoms with van der Waals surface area (Å²) in [6.45, 7) is 6.37. The lowest BCUT2D eigenvalue weighted by atomic mass is 10.1. The molecule has 18 heavy (non-hydrogen) atoms. The van der Waals surface area contributed by atoms with Crippen molar-refractivity contribution >= 4 is 0 Å². The first-order chi connectivity index (χ1) is 8.76. The van der Waals surface area contributed by atoms with E-state index in [1.165, 1.54) is 19.3 Å². The van der Waals surface area contributed by atoms with E-state index in [4.69, 9.17) is 9.84 Å². The van der Waals surface area contributed by atoms with Crippen molar-refractivity contribution in [3.05, 3.63) is 0 Å². The highest BCUT2D eigenvalue weighted by Gasteiger charge is 2.17. The number of rotatable bonds is 9. The van der Waals surface area contributed by atoms with Gasteiger partial charge in [-0.1, -0.05) is 6.92 Å². The topological polar surface area (TPSA) is 44.7 Å². The van der Waals surface area contributed by atoms with Crippen LogP contribution in [0.5, 0.6) is 0 Å². The molecule has 0 aromatic rings. The minimum atomic E-state index is 0.259. The van der Waals surface area contributed by atoms with Crippen molar-refractivity contribution in [3.63, 3.8) is 0 Å². The molecule has 2 N–H and O–H groups in total. The lowest BCUT2D eigenvalue weighted by Crippen LogP contribution is -2.43. The van der Waals surface area contributed by atoms with Gasteiger partial charge in [0.2, 0.25) is 0 Å². The SMILES string of the molecule is CCCNC(CCO)CN(C)CC1CCCCO1. The third-order valence-electron chi connectivity index (χ3n) is 3.48. The van der Waals surface area contributed by atoms with Crippen LogP contribution in [0.25, 0.3) is 0 Å². The molecule has 0 aliphatic carbocycles. The molecule has 0 saturated carbocycles. The largest absolute Gasteiger partial charge is 0.396 e. The van der Waals surface area contributed by atoms with Gasteiger partial charge >= 0.3 is 0 Å². The van der Waals surface area contributed by atoms with Crippen LogP contribution in [0.4, 0.5) is 0 Å². The third-order valence-corrected chi connectivity index (χ3v) is 3.48. The van der Waals surface area contributed by atoms with Gasteiger partial charge in [-0.2, -0.15) is 0 Å². The summed E-state index contributed by atoms with van der Waals surface area (Å²) in [4.78, 5) is 2.33. The smallest absolute Gasteiger partial charge is 0.0701 e. The predicted octanol–water partition coefficient (Wildman–Crippen LogP) is 1.24. The molecule has 0 bridgehead atoms. The Kier molecular flexibility index (Phi) is 8.59. The van der Waals surface area contributed by atoms with Gasteiger partial charge in [-0.05, 0) is 45.7 Å². The van der Waals surface area contributed by atoms with Gasteiger partial charge in [-0.25, -0.2) is 0 Å². The van der Waals surface area contributed by atoms with Gasteiger partial charge < -0.3 is 20.1 Å².